The molecule has 2 N–H and O–H groups in total. The number of hydrogen-bond donors (Lipinski definition) is 2. The van der Waals surface area contributed by atoms with Crippen molar-refractivity contribution in [2.24, 2.45) is 0 Å². The van der Waals surface area contributed by atoms with E-state index in [2.05, 4.69) is 10.3 Å². The largest absolute Gasteiger partial charge is 0.493 e. The summed E-state index contributed by atoms with van der Waals surface area (Å²) in [7, 11) is 3.02. The van der Waals surface area contributed by atoms with Crippen LogP contribution in [0.5, 0.6) is 11.5 Å². The fourth-order valence-electron chi connectivity index (χ4n) is 3.37. The highest BCUT2D eigenvalue weighted by atomic mass is 35.5. The van der Waals surface area contributed by atoms with Crippen molar-refractivity contribution in [3.8, 4) is 11.5 Å². The number of carbonyl (C=O) groups is 2. The molecule has 6 nitrogen and oxygen atoms in total. The van der Waals surface area contributed by atoms with Crippen LogP contribution in [-0.2, 0) is 0 Å². The second-order valence-corrected chi connectivity index (χ2v) is 7.22. The maximum Gasteiger partial charge on any atom is 0.255 e. The molecule has 0 bridgehead atoms. The van der Waals surface area contributed by atoms with Crippen molar-refractivity contribution in [1.29, 1.82) is 0 Å². The normalized spacial score (nSPS) is 10.7. The number of fused-ring (bicyclic) bond motifs is 1. The SMILES string of the molecule is COc1ccc(C(=O)Nc2c(C(=O)c3ccccc3)[nH]c3cc(Cl)ccc23)cc1OC. The fourth-order valence-corrected chi connectivity index (χ4v) is 3.54. The standard InChI is InChI=1S/C24H19ClN2O4/c1-30-19-11-8-15(12-20(19)31-2)24(29)27-21-17-10-9-16(25)13-18(17)26-22(21)23(28)14-6-4-3-5-7-14/h3-13,26H,1-2H3,(H,27,29). The van der Waals surface area contributed by atoms with Gasteiger partial charge in [0.2, 0.25) is 5.78 Å². The van der Waals surface area contributed by atoms with Crippen molar-refractivity contribution < 1.29 is 19.1 Å². The lowest BCUT2D eigenvalue weighted by Crippen LogP contribution is -2.15. The number of halogens is 1. The van der Waals surface area contributed by atoms with Crippen molar-refractivity contribution in [1.82, 2.24) is 4.98 Å². The van der Waals surface area contributed by atoms with Gasteiger partial charge in [-0.25, -0.2) is 0 Å². The smallest absolute Gasteiger partial charge is 0.255 e. The van der Waals surface area contributed by atoms with E-state index in [1.807, 2.05) is 6.07 Å². The second kappa shape index (κ2) is 8.53. The summed E-state index contributed by atoms with van der Waals surface area (Å²) >= 11 is 6.12. The van der Waals surface area contributed by atoms with Gasteiger partial charge in [-0.15, -0.1) is 0 Å². The first-order chi connectivity index (χ1) is 15.0. The summed E-state index contributed by atoms with van der Waals surface area (Å²) in [5, 5.41) is 4.08. The van der Waals surface area contributed by atoms with E-state index in [1.54, 1.807) is 60.7 Å². The van der Waals surface area contributed by atoms with Crippen LogP contribution in [-0.4, -0.2) is 30.9 Å². The number of aromatic amines is 1. The van der Waals surface area contributed by atoms with Crippen molar-refractivity contribution >= 4 is 39.9 Å². The number of amides is 1. The lowest BCUT2D eigenvalue weighted by atomic mass is 10.1. The molecule has 0 radical (unpaired) electrons. The Hall–Kier alpha value is -3.77. The molecule has 0 saturated heterocycles. The maximum absolute atomic E-state index is 13.2. The highest BCUT2D eigenvalue weighted by molar-refractivity contribution is 6.31. The van der Waals surface area contributed by atoms with Gasteiger partial charge in [-0.05, 0) is 36.4 Å². The molecule has 4 rings (SSSR count). The first-order valence-corrected chi connectivity index (χ1v) is 9.84. The molecule has 4 aromatic rings. The molecular weight excluding hydrogens is 416 g/mol. The summed E-state index contributed by atoms with van der Waals surface area (Å²) in [6, 6.07) is 18.9. The van der Waals surface area contributed by atoms with E-state index in [0.29, 0.717) is 44.2 Å². The molecule has 3 aromatic carbocycles. The summed E-state index contributed by atoms with van der Waals surface area (Å²) < 4.78 is 10.5. The molecule has 0 atom stereocenters. The average Bonchev–Trinajstić information content (AvgIpc) is 3.15. The summed E-state index contributed by atoms with van der Waals surface area (Å²) in [5.41, 5.74) is 2.17. The van der Waals surface area contributed by atoms with E-state index >= 15 is 0 Å². The molecule has 0 spiro atoms. The van der Waals surface area contributed by atoms with Gasteiger partial charge in [0.05, 0.1) is 19.9 Å². The third kappa shape index (κ3) is 3.98. The fraction of sp³-hybridized carbons (Fsp3) is 0.0833. The molecule has 31 heavy (non-hydrogen) atoms. The van der Waals surface area contributed by atoms with Crippen molar-refractivity contribution in [2.45, 2.75) is 0 Å². The average molecular weight is 435 g/mol. The van der Waals surface area contributed by atoms with Crippen LogP contribution in [0.3, 0.4) is 0 Å². The van der Waals surface area contributed by atoms with Crippen LogP contribution in [0.2, 0.25) is 5.02 Å². The molecule has 0 unspecified atom stereocenters. The minimum Gasteiger partial charge on any atom is -0.493 e. The second-order valence-electron chi connectivity index (χ2n) is 6.78. The number of carbonyl (C=O) groups excluding carboxylic acids is 2. The van der Waals surface area contributed by atoms with E-state index in [1.165, 1.54) is 14.2 Å². The Morgan fingerprint density at radius 3 is 2.32 bits per heavy atom. The summed E-state index contributed by atoms with van der Waals surface area (Å²) in [4.78, 5) is 29.3. The summed E-state index contributed by atoms with van der Waals surface area (Å²) in [5.74, 6) is 0.316. The topological polar surface area (TPSA) is 80.4 Å². The van der Waals surface area contributed by atoms with Crippen molar-refractivity contribution in [3.05, 3.63) is 88.6 Å². The Morgan fingerprint density at radius 1 is 0.871 bits per heavy atom. The van der Waals surface area contributed by atoms with Gasteiger partial charge >= 0.3 is 0 Å². The number of hydrogen-bond acceptors (Lipinski definition) is 4. The predicted octanol–water partition coefficient (Wildman–Crippen LogP) is 5.32. The van der Waals surface area contributed by atoms with Gasteiger partial charge in [0, 0.05) is 27.1 Å². The number of ether oxygens (including phenoxy) is 2. The Balaban J connectivity index is 1.77. The zero-order chi connectivity index (χ0) is 22.0. The Morgan fingerprint density at radius 2 is 1.61 bits per heavy atom. The molecule has 1 aromatic heterocycles. The molecule has 0 aliphatic heterocycles. The molecule has 1 heterocycles. The van der Waals surface area contributed by atoms with E-state index in [9.17, 15) is 9.59 Å². The molecule has 156 valence electrons. The van der Waals surface area contributed by atoms with Crippen LogP contribution >= 0.6 is 11.6 Å². The lowest BCUT2D eigenvalue weighted by Gasteiger charge is -2.11. The van der Waals surface area contributed by atoms with E-state index < -0.39 is 0 Å². The molecule has 0 aliphatic carbocycles. The molecule has 0 fully saturated rings. The van der Waals surface area contributed by atoms with Gasteiger partial charge in [-0.1, -0.05) is 41.9 Å². The Kier molecular flexibility index (Phi) is 5.64. The number of ketones is 1. The predicted molar refractivity (Wildman–Crippen MR) is 121 cm³/mol. The highest BCUT2D eigenvalue weighted by Gasteiger charge is 2.22. The zero-order valence-corrected chi connectivity index (χ0v) is 17.6. The maximum atomic E-state index is 13.2. The van der Waals surface area contributed by atoms with Crippen LogP contribution in [0.4, 0.5) is 5.69 Å². The molecule has 7 heteroatoms. The van der Waals surface area contributed by atoms with E-state index in [-0.39, 0.29) is 17.4 Å². The van der Waals surface area contributed by atoms with Crippen molar-refractivity contribution in [2.75, 3.05) is 19.5 Å². The van der Waals surface area contributed by atoms with Gasteiger partial charge in [0.1, 0.15) is 5.69 Å². The molecule has 1 amide bonds. The zero-order valence-electron chi connectivity index (χ0n) is 16.9. The van der Waals surface area contributed by atoms with E-state index in [0.717, 1.165) is 0 Å². The first-order valence-electron chi connectivity index (χ1n) is 9.46. The Bertz CT molecular complexity index is 1280. The molecule has 0 aliphatic rings. The van der Waals surface area contributed by atoms with Crippen molar-refractivity contribution in [3.63, 3.8) is 0 Å². The minimum absolute atomic E-state index is 0.240. The van der Waals surface area contributed by atoms with Gasteiger partial charge in [0.15, 0.2) is 11.5 Å². The number of methoxy groups -OCH3 is 2. The number of benzene rings is 3. The number of anilines is 1. The number of H-pyrrole nitrogens is 1. The van der Waals surface area contributed by atoms with Crippen LogP contribution < -0.4 is 14.8 Å². The van der Waals surface area contributed by atoms with Crippen LogP contribution in [0, 0.1) is 0 Å². The number of rotatable bonds is 6. The quantitative estimate of drug-likeness (QED) is 0.402. The highest BCUT2D eigenvalue weighted by Crippen LogP contribution is 2.33. The minimum atomic E-state index is -0.390. The Labute approximate surface area is 183 Å². The monoisotopic (exact) mass is 434 g/mol. The third-order valence-corrected chi connectivity index (χ3v) is 5.14. The number of nitrogens with one attached hydrogen (secondary N) is 2. The third-order valence-electron chi connectivity index (χ3n) is 4.91. The number of aromatic nitrogens is 1. The van der Waals surface area contributed by atoms with Gasteiger partial charge in [0.25, 0.3) is 5.91 Å². The van der Waals surface area contributed by atoms with E-state index in [4.69, 9.17) is 21.1 Å². The van der Waals surface area contributed by atoms with Gasteiger partial charge < -0.3 is 19.8 Å². The molecular formula is C24H19ClN2O4. The van der Waals surface area contributed by atoms with Gasteiger partial charge in [-0.3, -0.25) is 9.59 Å². The molecule has 0 saturated carbocycles. The first kappa shape index (κ1) is 20.5. The summed E-state index contributed by atoms with van der Waals surface area (Å²) in [6.45, 7) is 0. The summed E-state index contributed by atoms with van der Waals surface area (Å²) in [6.07, 6.45) is 0. The van der Waals surface area contributed by atoms with Crippen LogP contribution in [0.15, 0.2) is 66.7 Å². The van der Waals surface area contributed by atoms with Crippen LogP contribution in [0.1, 0.15) is 26.4 Å². The van der Waals surface area contributed by atoms with Crippen LogP contribution in [0.25, 0.3) is 10.9 Å². The van der Waals surface area contributed by atoms with Gasteiger partial charge in [-0.2, -0.15) is 0 Å². The lowest BCUT2D eigenvalue weighted by molar-refractivity contribution is 0.102.